The number of rotatable bonds is 7. The Hall–Kier alpha value is -1.43. The third kappa shape index (κ3) is 5.12. The number of carbonyl (C=O) groups is 1. The van der Waals surface area contributed by atoms with Crippen LogP contribution in [0.4, 0.5) is 5.69 Å². The third-order valence-corrected chi connectivity index (χ3v) is 3.92. The van der Waals surface area contributed by atoms with Crippen molar-refractivity contribution in [1.82, 2.24) is 9.80 Å². The SMILES string of the molecule is CN(CCN1CCCC1)CC(=O)Nc1ccccc1CN. The summed E-state index contributed by atoms with van der Waals surface area (Å²) in [4.78, 5) is 16.6. The molecular formula is C16H26N4O. The number of benzene rings is 1. The molecule has 5 nitrogen and oxygen atoms in total. The van der Waals surface area contributed by atoms with Crippen LogP contribution in [0.25, 0.3) is 0 Å². The third-order valence-electron chi connectivity index (χ3n) is 3.92. The van der Waals surface area contributed by atoms with Crippen LogP contribution in [0.2, 0.25) is 0 Å². The number of nitrogens with zero attached hydrogens (tertiary/aromatic N) is 2. The van der Waals surface area contributed by atoms with Gasteiger partial charge in [0.1, 0.15) is 0 Å². The summed E-state index contributed by atoms with van der Waals surface area (Å²) in [5.74, 6) is 0.0137. The maximum Gasteiger partial charge on any atom is 0.238 e. The van der Waals surface area contributed by atoms with Crippen molar-refractivity contribution in [3.05, 3.63) is 29.8 Å². The van der Waals surface area contributed by atoms with Crippen molar-refractivity contribution in [1.29, 1.82) is 0 Å². The van der Waals surface area contributed by atoms with E-state index in [1.807, 2.05) is 31.3 Å². The zero-order valence-corrected chi connectivity index (χ0v) is 12.8. The lowest BCUT2D eigenvalue weighted by molar-refractivity contribution is -0.117. The first kappa shape index (κ1) is 15.9. The predicted molar refractivity (Wildman–Crippen MR) is 86.1 cm³/mol. The normalized spacial score (nSPS) is 15.6. The fourth-order valence-electron chi connectivity index (χ4n) is 2.65. The van der Waals surface area contributed by atoms with Crippen LogP contribution in [0, 0.1) is 0 Å². The van der Waals surface area contributed by atoms with E-state index in [-0.39, 0.29) is 5.91 Å². The molecule has 1 aromatic carbocycles. The van der Waals surface area contributed by atoms with Gasteiger partial charge in [-0.3, -0.25) is 9.69 Å². The molecule has 0 aromatic heterocycles. The quantitative estimate of drug-likeness (QED) is 0.790. The summed E-state index contributed by atoms with van der Waals surface area (Å²) in [5.41, 5.74) is 7.46. The molecule has 0 aliphatic carbocycles. The summed E-state index contributed by atoms with van der Waals surface area (Å²) < 4.78 is 0. The lowest BCUT2D eigenvalue weighted by Crippen LogP contribution is -2.36. The van der Waals surface area contributed by atoms with E-state index in [1.54, 1.807) is 0 Å². The molecular weight excluding hydrogens is 264 g/mol. The molecule has 0 bridgehead atoms. The second kappa shape index (κ2) is 8.12. The number of hydrogen-bond donors (Lipinski definition) is 2. The van der Waals surface area contributed by atoms with Gasteiger partial charge in [-0.1, -0.05) is 18.2 Å². The van der Waals surface area contributed by atoms with Gasteiger partial charge in [0.15, 0.2) is 0 Å². The van der Waals surface area contributed by atoms with Gasteiger partial charge in [-0.2, -0.15) is 0 Å². The summed E-state index contributed by atoms with van der Waals surface area (Å²) in [7, 11) is 1.99. The van der Waals surface area contributed by atoms with E-state index in [1.165, 1.54) is 25.9 Å². The molecule has 1 fully saturated rings. The maximum absolute atomic E-state index is 12.1. The molecule has 5 heteroatoms. The van der Waals surface area contributed by atoms with Crippen molar-refractivity contribution < 1.29 is 4.79 Å². The highest BCUT2D eigenvalue weighted by atomic mass is 16.2. The van der Waals surface area contributed by atoms with Gasteiger partial charge in [0.25, 0.3) is 0 Å². The second-order valence-corrected chi connectivity index (χ2v) is 5.70. The van der Waals surface area contributed by atoms with E-state index in [0.29, 0.717) is 13.1 Å². The maximum atomic E-state index is 12.1. The van der Waals surface area contributed by atoms with Gasteiger partial charge in [-0.15, -0.1) is 0 Å². The van der Waals surface area contributed by atoms with E-state index in [0.717, 1.165) is 24.3 Å². The van der Waals surface area contributed by atoms with E-state index in [9.17, 15) is 4.79 Å². The lowest BCUT2D eigenvalue weighted by atomic mass is 10.2. The van der Waals surface area contributed by atoms with Gasteiger partial charge < -0.3 is 16.0 Å². The molecule has 0 atom stereocenters. The number of anilines is 1. The number of amides is 1. The fraction of sp³-hybridized carbons (Fsp3) is 0.562. The highest BCUT2D eigenvalue weighted by Gasteiger charge is 2.13. The number of likely N-dealkylation sites (N-methyl/N-ethyl adjacent to an activating group) is 1. The number of nitrogens with one attached hydrogen (secondary N) is 1. The number of hydrogen-bond acceptors (Lipinski definition) is 4. The van der Waals surface area contributed by atoms with Crippen LogP contribution in [0.15, 0.2) is 24.3 Å². The highest BCUT2D eigenvalue weighted by Crippen LogP contribution is 2.14. The van der Waals surface area contributed by atoms with Gasteiger partial charge in [-0.25, -0.2) is 0 Å². The summed E-state index contributed by atoms with van der Waals surface area (Å²) >= 11 is 0. The summed E-state index contributed by atoms with van der Waals surface area (Å²) in [6.07, 6.45) is 2.61. The molecule has 1 saturated heterocycles. The van der Waals surface area contributed by atoms with Crippen LogP contribution in [-0.4, -0.2) is 55.5 Å². The molecule has 1 heterocycles. The van der Waals surface area contributed by atoms with Crippen LogP contribution in [0.5, 0.6) is 0 Å². The first-order chi connectivity index (χ1) is 10.2. The van der Waals surface area contributed by atoms with Crippen molar-refractivity contribution in [2.24, 2.45) is 5.73 Å². The monoisotopic (exact) mass is 290 g/mol. The summed E-state index contributed by atoms with van der Waals surface area (Å²) in [6, 6.07) is 7.67. The Balaban J connectivity index is 1.75. The van der Waals surface area contributed by atoms with E-state index in [4.69, 9.17) is 5.73 Å². The van der Waals surface area contributed by atoms with Crippen molar-refractivity contribution in [2.75, 3.05) is 45.1 Å². The van der Waals surface area contributed by atoms with Crippen molar-refractivity contribution in [2.45, 2.75) is 19.4 Å². The molecule has 116 valence electrons. The van der Waals surface area contributed by atoms with Gasteiger partial charge in [-0.05, 0) is 44.6 Å². The van der Waals surface area contributed by atoms with Gasteiger partial charge in [0.2, 0.25) is 5.91 Å². The lowest BCUT2D eigenvalue weighted by Gasteiger charge is -2.21. The molecule has 1 amide bonds. The van der Waals surface area contributed by atoms with Crippen molar-refractivity contribution in [3.63, 3.8) is 0 Å². The molecule has 21 heavy (non-hydrogen) atoms. The van der Waals surface area contributed by atoms with Gasteiger partial charge >= 0.3 is 0 Å². The first-order valence-corrected chi connectivity index (χ1v) is 7.68. The topological polar surface area (TPSA) is 61.6 Å². The van der Waals surface area contributed by atoms with Crippen molar-refractivity contribution >= 4 is 11.6 Å². The number of nitrogens with two attached hydrogens (primary N) is 1. The largest absolute Gasteiger partial charge is 0.326 e. The van der Waals surface area contributed by atoms with E-state index < -0.39 is 0 Å². The zero-order chi connectivity index (χ0) is 15.1. The Bertz CT molecular complexity index is 457. The Labute approximate surface area is 127 Å². The van der Waals surface area contributed by atoms with Gasteiger partial charge in [0, 0.05) is 25.3 Å². The molecule has 0 saturated carbocycles. The Kier molecular flexibility index (Phi) is 6.17. The fourth-order valence-corrected chi connectivity index (χ4v) is 2.65. The van der Waals surface area contributed by atoms with Crippen LogP contribution in [0.1, 0.15) is 18.4 Å². The van der Waals surface area contributed by atoms with Crippen molar-refractivity contribution in [3.8, 4) is 0 Å². The number of para-hydroxylation sites is 1. The molecule has 0 unspecified atom stereocenters. The van der Waals surface area contributed by atoms with E-state index in [2.05, 4.69) is 15.1 Å². The smallest absolute Gasteiger partial charge is 0.238 e. The number of carbonyl (C=O) groups excluding carboxylic acids is 1. The highest BCUT2D eigenvalue weighted by molar-refractivity contribution is 5.92. The minimum absolute atomic E-state index is 0.0137. The first-order valence-electron chi connectivity index (χ1n) is 7.68. The minimum atomic E-state index is 0.0137. The van der Waals surface area contributed by atoms with Crippen LogP contribution < -0.4 is 11.1 Å². The second-order valence-electron chi connectivity index (χ2n) is 5.70. The molecule has 2 rings (SSSR count). The summed E-state index contributed by atoms with van der Waals surface area (Å²) in [5, 5.41) is 2.95. The zero-order valence-electron chi connectivity index (χ0n) is 12.8. The molecule has 1 aliphatic rings. The number of likely N-dealkylation sites (tertiary alicyclic amines) is 1. The molecule has 0 radical (unpaired) electrons. The molecule has 3 N–H and O–H groups in total. The van der Waals surface area contributed by atoms with Crippen LogP contribution in [-0.2, 0) is 11.3 Å². The Morgan fingerprint density at radius 1 is 1.33 bits per heavy atom. The standard InChI is InChI=1S/C16H26N4O/c1-19(10-11-20-8-4-5-9-20)13-16(21)18-15-7-3-2-6-14(15)12-17/h2-3,6-7H,4-5,8-13,17H2,1H3,(H,18,21). The average molecular weight is 290 g/mol. The molecule has 1 aliphatic heterocycles. The average Bonchev–Trinajstić information content (AvgIpc) is 2.99. The Morgan fingerprint density at radius 2 is 2.05 bits per heavy atom. The van der Waals surface area contributed by atoms with Crippen LogP contribution >= 0.6 is 0 Å². The molecule has 0 spiro atoms. The van der Waals surface area contributed by atoms with E-state index >= 15 is 0 Å². The minimum Gasteiger partial charge on any atom is -0.326 e. The van der Waals surface area contributed by atoms with Crippen LogP contribution in [0.3, 0.4) is 0 Å². The predicted octanol–water partition coefficient (Wildman–Crippen LogP) is 1.11. The Morgan fingerprint density at radius 3 is 2.76 bits per heavy atom. The summed E-state index contributed by atoms with van der Waals surface area (Å²) in [6.45, 7) is 5.21. The molecule has 1 aromatic rings. The van der Waals surface area contributed by atoms with Gasteiger partial charge in [0.05, 0.1) is 6.54 Å².